The Balaban J connectivity index is 2.28. The van der Waals surface area contributed by atoms with Crippen LogP contribution >= 0.6 is 15.9 Å². The van der Waals surface area contributed by atoms with Gasteiger partial charge in [-0.05, 0) is 61.6 Å². The maximum atomic E-state index is 12.8. The van der Waals surface area contributed by atoms with Gasteiger partial charge in [0, 0.05) is 18.3 Å². The van der Waals surface area contributed by atoms with E-state index in [1.807, 2.05) is 33.9 Å². The van der Waals surface area contributed by atoms with E-state index in [2.05, 4.69) is 57.4 Å². The van der Waals surface area contributed by atoms with Gasteiger partial charge in [0.05, 0.1) is 18.0 Å². The molecule has 0 saturated heterocycles. The average molecular weight is 444 g/mol. The van der Waals surface area contributed by atoms with Crippen molar-refractivity contribution >= 4 is 32.9 Å². The van der Waals surface area contributed by atoms with Crippen LogP contribution in [0.15, 0.2) is 30.3 Å². The van der Waals surface area contributed by atoms with Crippen LogP contribution in [0, 0.1) is 19.3 Å². The van der Waals surface area contributed by atoms with E-state index in [0.717, 1.165) is 33.1 Å². The molecule has 28 heavy (non-hydrogen) atoms. The SMILES string of the molecule is COC(=O)C(C)(C)C(c1ccc(C)c(CBr)c1)c1ccc2c(nnn2C)c1C. The van der Waals surface area contributed by atoms with Crippen molar-refractivity contribution < 1.29 is 9.53 Å². The van der Waals surface area contributed by atoms with Crippen molar-refractivity contribution in [3.05, 3.63) is 58.1 Å². The van der Waals surface area contributed by atoms with E-state index in [-0.39, 0.29) is 11.9 Å². The monoisotopic (exact) mass is 443 g/mol. The van der Waals surface area contributed by atoms with E-state index in [1.165, 1.54) is 18.2 Å². The van der Waals surface area contributed by atoms with Crippen LogP contribution in [-0.2, 0) is 21.9 Å². The molecule has 148 valence electrons. The number of aryl methyl sites for hydroxylation is 3. The zero-order valence-electron chi connectivity index (χ0n) is 17.2. The van der Waals surface area contributed by atoms with Crippen LogP contribution in [0.5, 0.6) is 0 Å². The standard InChI is InChI=1S/C22H26BrN3O2/c1-13-7-8-15(11-16(13)12-23)19(22(3,4)21(27)28-6)17-9-10-18-20(14(17)2)24-25-26(18)5/h7-11,19H,12H2,1-6H3. The fraction of sp³-hybridized carbons (Fsp3) is 0.409. The molecule has 3 aromatic rings. The molecule has 0 radical (unpaired) electrons. The Morgan fingerprint density at radius 2 is 1.96 bits per heavy atom. The largest absolute Gasteiger partial charge is 0.469 e. The molecule has 0 aliphatic rings. The number of nitrogens with zero attached hydrogens (tertiary/aromatic N) is 3. The Hall–Kier alpha value is -2.21. The quantitative estimate of drug-likeness (QED) is 0.419. The first-order valence-electron chi connectivity index (χ1n) is 9.25. The minimum atomic E-state index is -0.756. The zero-order chi connectivity index (χ0) is 20.6. The number of methoxy groups -OCH3 is 1. The molecule has 3 rings (SSSR count). The lowest BCUT2D eigenvalue weighted by Gasteiger charge is -2.34. The first kappa shape index (κ1) is 20.5. The van der Waals surface area contributed by atoms with Crippen molar-refractivity contribution in [2.45, 2.75) is 38.9 Å². The number of hydrogen-bond donors (Lipinski definition) is 0. The number of esters is 1. The first-order valence-corrected chi connectivity index (χ1v) is 10.4. The molecule has 2 aromatic carbocycles. The molecule has 1 aromatic heterocycles. The van der Waals surface area contributed by atoms with Gasteiger partial charge in [0.1, 0.15) is 5.52 Å². The molecule has 0 bridgehead atoms. The summed E-state index contributed by atoms with van der Waals surface area (Å²) in [5.74, 6) is -0.415. The number of benzene rings is 2. The number of alkyl halides is 1. The molecule has 0 saturated carbocycles. The lowest BCUT2D eigenvalue weighted by Crippen LogP contribution is -2.34. The molecule has 0 aliphatic heterocycles. The summed E-state index contributed by atoms with van der Waals surface area (Å²) in [6.45, 7) is 8.03. The molecule has 6 heteroatoms. The van der Waals surface area contributed by atoms with Crippen molar-refractivity contribution in [2.24, 2.45) is 12.5 Å². The molecular formula is C22H26BrN3O2. The summed E-state index contributed by atoms with van der Waals surface area (Å²) in [6, 6.07) is 10.5. The van der Waals surface area contributed by atoms with Gasteiger partial charge >= 0.3 is 5.97 Å². The van der Waals surface area contributed by atoms with Crippen molar-refractivity contribution in [3.63, 3.8) is 0 Å². The smallest absolute Gasteiger partial charge is 0.312 e. The molecule has 0 amide bonds. The molecule has 0 spiro atoms. The minimum Gasteiger partial charge on any atom is -0.469 e. The summed E-state index contributed by atoms with van der Waals surface area (Å²) in [5.41, 5.74) is 6.69. The Kier molecular flexibility index (Phi) is 5.62. The Morgan fingerprint density at radius 1 is 1.25 bits per heavy atom. The van der Waals surface area contributed by atoms with E-state index in [4.69, 9.17) is 4.74 Å². The molecule has 0 N–H and O–H groups in total. The van der Waals surface area contributed by atoms with Gasteiger partial charge in [0.2, 0.25) is 0 Å². The number of carbonyl (C=O) groups excluding carboxylic acids is 1. The average Bonchev–Trinajstić information content (AvgIpc) is 3.05. The maximum Gasteiger partial charge on any atom is 0.312 e. The number of carbonyl (C=O) groups is 1. The van der Waals surface area contributed by atoms with Gasteiger partial charge in [-0.1, -0.05) is 45.4 Å². The van der Waals surface area contributed by atoms with Gasteiger partial charge in [-0.15, -0.1) is 5.10 Å². The van der Waals surface area contributed by atoms with Gasteiger partial charge in [0.15, 0.2) is 0 Å². The van der Waals surface area contributed by atoms with Gasteiger partial charge in [-0.2, -0.15) is 0 Å². The highest BCUT2D eigenvalue weighted by Crippen LogP contribution is 2.44. The first-order chi connectivity index (χ1) is 13.2. The summed E-state index contributed by atoms with van der Waals surface area (Å²) in [6.07, 6.45) is 0. The zero-order valence-corrected chi connectivity index (χ0v) is 18.8. The molecule has 1 atom stereocenters. The normalized spacial score (nSPS) is 13.0. The molecule has 0 fully saturated rings. The van der Waals surface area contributed by atoms with E-state index >= 15 is 0 Å². The number of rotatable bonds is 5. The van der Waals surface area contributed by atoms with Crippen LogP contribution in [0.25, 0.3) is 11.0 Å². The number of hydrogen-bond acceptors (Lipinski definition) is 4. The highest BCUT2D eigenvalue weighted by molar-refractivity contribution is 9.08. The van der Waals surface area contributed by atoms with E-state index in [1.54, 1.807) is 4.68 Å². The second-order valence-corrected chi connectivity index (χ2v) is 8.39. The van der Waals surface area contributed by atoms with E-state index < -0.39 is 5.41 Å². The molecule has 1 heterocycles. The highest BCUT2D eigenvalue weighted by atomic mass is 79.9. The number of aromatic nitrogens is 3. The summed E-state index contributed by atoms with van der Waals surface area (Å²) >= 11 is 3.58. The van der Waals surface area contributed by atoms with Gasteiger partial charge in [-0.25, -0.2) is 4.68 Å². The molecule has 1 unspecified atom stereocenters. The van der Waals surface area contributed by atoms with Crippen molar-refractivity contribution in [1.82, 2.24) is 15.0 Å². The Bertz CT molecular complexity index is 1040. The second-order valence-electron chi connectivity index (χ2n) is 7.83. The summed E-state index contributed by atoms with van der Waals surface area (Å²) in [5, 5.41) is 9.25. The molecule has 0 aliphatic carbocycles. The van der Waals surface area contributed by atoms with Crippen LogP contribution in [0.2, 0.25) is 0 Å². The number of halogens is 1. The van der Waals surface area contributed by atoms with Crippen molar-refractivity contribution in [3.8, 4) is 0 Å². The van der Waals surface area contributed by atoms with Crippen LogP contribution in [0.1, 0.15) is 47.6 Å². The second kappa shape index (κ2) is 7.66. The third kappa shape index (κ3) is 3.34. The predicted molar refractivity (Wildman–Crippen MR) is 115 cm³/mol. The predicted octanol–water partition coefficient (Wildman–Crippen LogP) is 4.81. The topological polar surface area (TPSA) is 57.0 Å². The number of fused-ring (bicyclic) bond motifs is 1. The van der Waals surface area contributed by atoms with Crippen molar-refractivity contribution in [2.75, 3.05) is 7.11 Å². The van der Waals surface area contributed by atoms with Crippen LogP contribution in [0.4, 0.5) is 0 Å². The fourth-order valence-electron chi connectivity index (χ4n) is 3.94. The van der Waals surface area contributed by atoms with Gasteiger partial charge in [0.25, 0.3) is 0 Å². The Labute approximate surface area is 174 Å². The highest BCUT2D eigenvalue weighted by Gasteiger charge is 2.41. The van der Waals surface area contributed by atoms with E-state index in [9.17, 15) is 4.79 Å². The van der Waals surface area contributed by atoms with E-state index in [0.29, 0.717) is 0 Å². The maximum absolute atomic E-state index is 12.8. The van der Waals surface area contributed by atoms with Gasteiger partial charge in [-0.3, -0.25) is 4.79 Å². The minimum absolute atomic E-state index is 0.176. The summed E-state index contributed by atoms with van der Waals surface area (Å²) in [7, 11) is 3.32. The lowest BCUT2D eigenvalue weighted by atomic mass is 9.69. The summed E-state index contributed by atoms with van der Waals surface area (Å²) in [4.78, 5) is 12.8. The third-order valence-corrected chi connectivity index (χ3v) is 6.28. The van der Waals surface area contributed by atoms with Crippen molar-refractivity contribution in [1.29, 1.82) is 0 Å². The van der Waals surface area contributed by atoms with Crippen LogP contribution in [0.3, 0.4) is 0 Å². The molecular weight excluding hydrogens is 418 g/mol. The lowest BCUT2D eigenvalue weighted by molar-refractivity contribution is -0.151. The fourth-order valence-corrected chi connectivity index (χ4v) is 4.55. The summed E-state index contributed by atoms with van der Waals surface area (Å²) < 4.78 is 6.94. The number of ether oxygens (including phenoxy) is 1. The van der Waals surface area contributed by atoms with Crippen LogP contribution < -0.4 is 0 Å². The van der Waals surface area contributed by atoms with Gasteiger partial charge < -0.3 is 4.74 Å². The molecule has 5 nitrogen and oxygen atoms in total. The Morgan fingerprint density at radius 3 is 2.61 bits per heavy atom. The third-order valence-electron chi connectivity index (χ3n) is 5.67. The van der Waals surface area contributed by atoms with Crippen LogP contribution in [-0.4, -0.2) is 28.1 Å².